The number of aliphatic hydroxyl groups excluding tert-OH is 1. The van der Waals surface area contributed by atoms with Crippen molar-refractivity contribution in [2.45, 2.75) is 0 Å². The lowest BCUT2D eigenvalue weighted by atomic mass is 9.95. The van der Waals surface area contributed by atoms with E-state index < -0.39 is 11.4 Å². The molecule has 0 amide bonds. The maximum Gasteiger partial charge on any atom is 0.313 e. The number of carboxylic acid groups (broad SMARTS) is 1. The highest BCUT2D eigenvalue weighted by molar-refractivity contribution is 9.09. The van der Waals surface area contributed by atoms with Crippen molar-refractivity contribution in [3.05, 3.63) is 0 Å². The number of hydrogen-bond donors (Lipinski definition) is 2. The van der Waals surface area contributed by atoms with E-state index in [1.165, 1.54) is 0 Å². The van der Waals surface area contributed by atoms with E-state index in [1.54, 1.807) is 0 Å². The summed E-state index contributed by atoms with van der Waals surface area (Å²) in [4.78, 5) is 10.5. The van der Waals surface area contributed by atoms with Crippen LogP contribution >= 0.6 is 31.9 Å². The Bertz CT molecular complexity index is 114. The summed E-state index contributed by atoms with van der Waals surface area (Å²) >= 11 is 6.05. The highest BCUT2D eigenvalue weighted by Gasteiger charge is 2.35. The fourth-order valence-electron chi connectivity index (χ4n) is 0.302. The summed E-state index contributed by atoms with van der Waals surface area (Å²) in [5.74, 6) is -0.997. The topological polar surface area (TPSA) is 57.5 Å². The summed E-state index contributed by atoms with van der Waals surface area (Å²) in [5.41, 5.74) is -1.07. The normalized spacial score (nSPS) is 11.5. The maximum absolute atomic E-state index is 10.5. The SMILES string of the molecule is O=C(O)C(CO)(CBr)CBr. The summed E-state index contributed by atoms with van der Waals surface area (Å²) in [6, 6.07) is 0. The van der Waals surface area contributed by atoms with Gasteiger partial charge in [0.1, 0.15) is 5.41 Å². The second-order valence-corrected chi connectivity index (χ2v) is 3.13. The molecule has 0 heterocycles. The fraction of sp³-hybridized carbons (Fsp3) is 0.800. The van der Waals surface area contributed by atoms with E-state index in [4.69, 9.17) is 10.2 Å². The molecule has 0 aliphatic carbocycles. The molecule has 0 unspecified atom stereocenters. The molecule has 10 heavy (non-hydrogen) atoms. The monoisotopic (exact) mass is 274 g/mol. The number of carbonyl (C=O) groups is 1. The van der Waals surface area contributed by atoms with Crippen LogP contribution in [0.2, 0.25) is 0 Å². The molecule has 0 aromatic carbocycles. The van der Waals surface area contributed by atoms with Gasteiger partial charge in [-0.05, 0) is 0 Å². The molecule has 3 nitrogen and oxygen atoms in total. The Kier molecular flexibility index (Phi) is 4.47. The van der Waals surface area contributed by atoms with Crippen molar-refractivity contribution < 1.29 is 15.0 Å². The molecule has 0 fully saturated rings. The highest BCUT2D eigenvalue weighted by atomic mass is 79.9. The average Bonchev–Trinajstić information content (AvgIpc) is 1.92. The van der Waals surface area contributed by atoms with E-state index in [0.717, 1.165) is 0 Å². The third-order valence-electron chi connectivity index (χ3n) is 1.27. The lowest BCUT2D eigenvalue weighted by Gasteiger charge is -2.20. The Morgan fingerprint density at radius 1 is 1.40 bits per heavy atom. The van der Waals surface area contributed by atoms with Gasteiger partial charge in [-0.3, -0.25) is 4.79 Å². The molecule has 0 aliphatic heterocycles. The van der Waals surface area contributed by atoms with Crippen LogP contribution in [0.1, 0.15) is 0 Å². The summed E-state index contributed by atoms with van der Waals surface area (Å²) < 4.78 is 0. The maximum atomic E-state index is 10.5. The van der Waals surface area contributed by atoms with Gasteiger partial charge in [0.25, 0.3) is 0 Å². The molecule has 0 bridgehead atoms. The van der Waals surface area contributed by atoms with Crippen LogP contribution in [0.15, 0.2) is 0 Å². The fourth-order valence-corrected chi connectivity index (χ4v) is 2.07. The molecule has 5 heteroatoms. The van der Waals surface area contributed by atoms with Crippen molar-refractivity contribution >= 4 is 37.8 Å². The van der Waals surface area contributed by atoms with Crippen LogP contribution in [-0.2, 0) is 4.79 Å². The third kappa shape index (κ3) is 1.93. The molecule has 0 aromatic heterocycles. The van der Waals surface area contributed by atoms with Gasteiger partial charge < -0.3 is 10.2 Å². The zero-order chi connectivity index (χ0) is 8.20. The van der Waals surface area contributed by atoms with E-state index in [9.17, 15) is 4.79 Å². The predicted octanol–water partition coefficient (Wildman–Crippen LogP) is 0.839. The van der Waals surface area contributed by atoms with E-state index in [2.05, 4.69) is 31.9 Å². The molecule has 0 spiro atoms. The van der Waals surface area contributed by atoms with Crippen LogP contribution in [0.25, 0.3) is 0 Å². The molecule has 0 aliphatic rings. The Hall–Kier alpha value is 0.390. The molecule has 2 N–H and O–H groups in total. The molecule has 0 saturated carbocycles. The first kappa shape index (κ1) is 10.4. The van der Waals surface area contributed by atoms with Crippen molar-refractivity contribution in [2.24, 2.45) is 5.41 Å². The van der Waals surface area contributed by atoms with Crippen LogP contribution in [0.4, 0.5) is 0 Å². The zero-order valence-corrected chi connectivity index (χ0v) is 8.35. The molecule has 60 valence electrons. The number of hydrogen-bond acceptors (Lipinski definition) is 2. The zero-order valence-electron chi connectivity index (χ0n) is 5.18. The Balaban J connectivity index is 4.31. The van der Waals surface area contributed by atoms with Gasteiger partial charge in [-0.25, -0.2) is 0 Å². The van der Waals surface area contributed by atoms with Gasteiger partial charge in [0.15, 0.2) is 0 Å². The van der Waals surface area contributed by atoms with Crippen LogP contribution in [0.3, 0.4) is 0 Å². The van der Waals surface area contributed by atoms with Gasteiger partial charge in [-0.2, -0.15) is 0 Å². The number of aliphatic carboxylic acids is 1. The van der Waals surface area contributed by atoms with E-state index in [1.807, 2.05) is 0 Å². The second-order valence-electron chi connectivity index (χ2n) is 2.01. The Morgan fingerprint density at radius 2 is 1.80 bits per heavy atom. The van der Waals surface area contributed by atoms with Crippen LogP contribution in [0, 0.1) is 5.41 Å². The van der Waals surface area contributed by atoms with Crippen LogP contribution in [-0.4, -0.2) is 33.4 Å². The molecule has 0 radical (unpaired) electrons. The predicted molar refractivity (Wildman–Crippen MR) is 44.7 cm³/mol. The molecular weight excluding hydrogens is 268 g/mol. The minimum absolute atomic E-state index is 0.247. The van der Waals surface area contributed by atoms with Gasteiger partial charge in [0, 0.05) is 10.7 Å². The van der Waals surface area contributed by atoms with Crippen molar-refractivity contribution in [2.75, 3.05) is 17.3 Å². The largest absolute Gasteiger partial charge is 0.481 e. The molecular formula is C5H8Br2O3. The summed E-state index contributed by atoms with van der Waals surface area (Å²) in [5, 5.41) is 17.8. The summed E-state index contributed by atoms with van der Waals surface area (Å²) in [6.07, 6.45) is 0. The van der Waals surface area contributed by atoms with E-state index >= 15 is 0 Å². The highest BCUT2D eigenvalue weighted by Crippen LogP contribution is 2.22. The molecule has 0 saturated heterocycles. The van der Waals surface area contributed by atoms with Crippen LogP contribution < -0.4 is 0 Å². The van der Waals surface area contributed by atoms with Crippen LogP contribution in [0.5, 0.6) is 0 Å². The summed E-state index contributed by atoms with van der Waals surface area (Å²) in [7, 11) is 0. The minimum Gasteiger partial charge on any atom is -0.481 e. The third-order valence-corrected chi connectivity index (χ3v) is 3.41. The van der Waals surface area contributed by atoms with E-state index in [-0.39, 0.29) is 17.3 Å². The van der Waals surface area contributed by atoms with E-state index in [0.29, 0.717) is 0 Å². The van der Waals surface area contributed by atoms with Gasteiger partial charge in [0.05, 0.1) is 6.61 Å². The quantitative estimate of drug-likeness (QED) is 0.748. The standard InChI is InChI=1S/C5H8Br2O3/c6-1-5(2-7,3-8)4(9)10/h8H,1-3H2,(H,9,10). The first-order valence-corrected chi connectivity index (χ1v) is 4.83. The molecule has 0 atom stereocenters. The van der Waals surface area contributed by atoms with Crippen molar-refractivity contribution in [1.82, 2.24) is 0 Å². The summed E-state index contributed by atoms with van der Waals surface area (Å²) in [6.45, 7) is -0.362. The van der Waals surface area contributed by atoms with Crippen molar-refractivity contribution in [3.63, 3.8) is 0 Å². The van der Waals surface area contributed by atoms with Crippen molar-refractivity contribution in [3.8, 4) is 0 Å². The number of halogens is 2. The molecule has 0 rings (SSSR count). The number of rotatable bonds is 4. The number of carboxylic acids is 1. The first-order chi connectivity index (χ1) is 4.63. The lowest BCUT2D eigenvalue weighted by molar-refractivity contribution is -0.148. The van der Waals surface area contributed by atoms with Gasteiger partial charge in [-0.1, -0.05) is 31.9 Å². The second kappa shape index (κ2) is 4.31. The smallest absolute Gasteiger partial charge is 0.313 e. The number of aliphatic hydroxyl groups is 1. The van der Waals surface area contributed by atoms with Gasteiger partial charge in [0.2, 0.25) is 0 Å². The van der Waals surface area contributed by atoms with Gasteiger partial charge in [-0.15, -0.1) is 0 Å². The first-order valence-electron chi connectivity index (χ1n) is 2.59. The Labute approximate surface area is 75.7 Å². The average molecular weight is 276 g/mol. The van der Waals surface area contributed by atoms with Gasteiger partial charge >= 0.3 is 5.97 Å². The molecule has 0 aromatic rings. The Morgan fingerprint density at radius 3 is 1.80 bits per heavy atom. The minimum atomic E-state index is -1.07. The van der Waals surface area contributed by atoms with Crippen molar-refractivity contribution in [1.29, 1.82) is 0 Å². The lowest BCUT2D eigenvalue weighted by Crippen LogP contribution is -2.38. The number of alkyl halides is 2.